The molecule has 170 valence electrons. The molecule has 2 aromatic rings. The summed E-state index contributed by atoms with van der Waals surface area (Å²) >= 11 is 6.02. The minimum atomic E-state index is -4.90. The van der Waals surface area contributed by atoms with Crippen LogP contribution >= 0.6 is 11.6 Å². The SMILES string of the molecule is C=C/C=C(\C=C(C)C)C(=O)c1cc(Cl)ccc1NS(=O)(=O)c1ccc(OC(F)(F)F)cc1. The van der Waals surface area contributed by atoms with Crippen molar-refractivity contribution >= 4 is 33.1 Å². The zero-order valence-corrected chi connectivity index (χ0v) is 18.6. The number of alkyl halides is 3. The molecule has 0 aliphatic heterocycles. The van der Waals surface area contributed by atoms with Crippen LogP contribution in [0, 0.1) is 0 Å². The number of Topliss-reactive ketones (excluding diaryl/α,β-unsaturated/α-hetero) is 1. The second kappa shape index (κ2) is 10.1. The number of carbonyl (C=O) groups is 1. The van der Waals surface area contributed by atoms with E-state index in [0.717, 1.165) is 29.8 Å². The smallest absolute Gasteiger partial charge is 0.406 e. The van der Waals surface area contributed by atoms with Gasteiger partial charge in [0.1, 0.15) is 5.75 Å². The number of ketones is 1. The third-order valence-electron chi connectivity index (χ3n) is 3.84. The molecule has 2 rings (SSSR count). The van der Waals surface area contributed by atoms with E-state index in [-0.39, 0.29) is 26.7 Å². The Kier molecular flexibility index (Phi) is 7.92. The standard InChI is InChI=1S/C22H19ClF3NO4S/c1-4-5-15(12-14(2)3)21(28)19-13-16(23)6-11-20(19)27-32(29,30)18-9-7-17(8-10-18)31-22(24,25)26/h4-13,27H,1H2,2-3H3/b15-5+. The molecule has 0 spiro atoms. The van der Waals surface area contributed by atoms with Crippen LogP contribution in [-0.4, -0.2) is 20.6 Å². The highest BCUT2D eigenvalue weighted by molar-refractivity contribution is 7.92. The quantitative estimate of drug-likeness (QED) is 0.270. The van der Waals surface area contributed by atoms with E-state index in [1.165, 1.54) is 30.4 Å². The van der Waals surface area contributed by atoms with Crippen LogP contribution in [0.4, 0.5) is 18.9 Å². The highest BCUT2D eigenvalue weighted by Gasteiger charge is 2.31. The van der Waals surface area contributed by atoms with Gasteiger partial charge in [-0.1, -0.05) is 42.0 Å². The number of anilines is 1. The van der Waals surface area contributed by atoms with Crippen molar-refractivity contribution in [2.45, 2.75) is 25.1 Å². The van der Waals surface area contributed by atoms with Gasteiger partial charge in [-0.15, -0.1) is 13.2 Å². The Morgan fingerprint density at radius 3 is 2.28 bits per heavy atom. The molecule has 0 unspecified atom stereocenters. The van der Waals surface area contributed by atoms with Crippen LogP contribution in [0.5, 0.6) is 5.75 Å². The number of nitrogens with one attached hydrogen (secondary N) is 1. The Hall–Kier alpha value is -3.04. The average molecular weight is 486 g/mol. The van der Waals surface area contributed by atoms with Crippen molar-refractivity contribution in [1.29, 1.82) is 0 Å². The lowest BCUT2D eigenvalue weighted by Gasteiger charge is -2.14. The molecule has 0 aromatic heterocycles. The predicted molar refractivity (Wildman–Crippen MR) is 117 cm³/mol. The van der Waals surface area contributed by atoms with Gasteiger partial charge < -0.3 is 4.74 Å². The number of carbonyl (C=O) groups excluding carboxylic acids is 1. The molecule has 0 saturated carbocycles. The summed E-state index contributed by atoms with van der Waals surface area (Å²) in [6, 6.07) is 7.68. The fourth-order valence-electron chi connectivity index (χ4n) is 2.60. The second-order valence-electron chi connectivity index (χ2n) is 6.72. The first-order valence-electron chi connectivity index (χ1n) is 9.03. The first-order chi connectivity index (χ1) is 14.8. The van der Waals surface area contributed by atoms with E-state index in [1.807, 2.05) is 0 Å². The summed E-state index contributed by atoms with van der Waals surface area (Å²) < 4.78 is 68.5. The molecule has 5 nitrogen and oxygen atoms in total. The van der Waals surface area contributed by atoms with Crippen LogP contribution < -0.4 is 9.46 Å². The monoisotopic (exact) mass is 485 g/mol. The van der Waals surface area contributed by atoms with Crippen LogP contribution in [0.2, 0.25) is 5.02 Å². The summed E-state index contributed by atoms with van der Waals surface area (Å²) in [5.41, 5.74) is 1.03. The van der Waals surface area contributed by atoms with E-state index >= 15 is 0 Å². The van der Waals surface area contributed by atoms with Gasteiger partial charge in [0, 0.05) is 16.2 Å². The molecular weight excluding hydrogens is 467 g/mol. The maximum Gasteiger partial charge on any atom is 0.573 e. The Labute approximate surface area is 188 Å². The van der Waals surface area contributed by atoms with Gasteiger partial charge in [0.15, 0.2) is 5.78 Å². The number of allylic oxidation sites excluding steroid dienone is 5. The highest BCUT2D eigenvalue weighted by atomic mass is 35.5. The molecule has 0 heterocycles. The molecule has 0 saturated heterocycles. The van der Waals surface area contributed by atoms with Gasteiger partial charge in [-0.2, -0.15) is 0 Å². The summed E-state index contributed by atoms with van der Waals surface area (Å²) in [6.07, 6.45) is -0.388. The molecule has 0 atom stereocenters. The highest BCUT2D eigenvalue weighted by Crippen LogP contribution is 2.28. The zero-order valence-electron chi connectivity index (χ0n) is 17.0. The summed E-state index contributed by atoms with van der Waals surface area (Å²) in [4.78, 5) is 12.7. The summed E-state index contributed by atoms with van der Waals surface area (Å²) in [5, 5.41) is 0.208. The largest absolute Gasteiger partial charge is 0.573 e. The van der Waals surface area contributed by atoms with Crippen LogP contribution in [0.15, 0.2) is 83.3 Å². The molecule has 0 bridgehead atoms. The Morgan fingerprint density at radius 2 is 1.75 bits per heavy atom. The molecule has 2 aromatic carbocycles. The van der Waals surface area contributed by atoms with E-state index in [9.17, 15) is 26.4 Å². The first kappa shape index (κ1) is 25.2. The van der Waals surface area contributed by atoms with Crippen LogP contribution in [-0.2, 0) is 10.0 Å². The number of benzene rings is 2. The van der Waals surface area contributed by atoms with Crippen molar-refractivity contribution in [3.05, 3.63) is 89.0 Å². The van der Waals surface area contributed by atoms with Crippen LogP contribution in [0.3, 0.4) is 0 Å². The lowest BCUT2D eigenvalue weighted by Crippen LogP contribution is -2.18. The zero-order chi connectivity index (χ0) is 24.1. The number of sulfonamides is 1. The first-order valence-corrected chi connectivity index (χ1v) is 10.9. The molecule has 10 heteroatoms. The van der Waals surface area contributed by atoms with Gasteiger partial charge in [-0.3, -0.25) is 9.52 Å². The van der Waals surface area contributed by atoms with E-state index in [1.54, 1.807) is 19.9 Å². The maximum atomic E-state index is 13.1. The topological polar surface area (TPSA) is 72.5 Å². The molecule has 0 radical (unpaired) electrons. The number of hydrogen-bond acceptors (Lipinski definition) is 4. The maximum absolute atomic E-state index is 13.1. The minimum absolute atomic E-state index is 0.0105. The number of hydrogen-bond donors (Lipinski definition) is 1. The van der Waals surface area contributed by atoms with Gasteiger partial charge in [-0.05, 0) is 56.3 Å². The molecule has 0 aliphatic rings. The van der Waals surface area contributed by atoms with Gasteiger partial charge in [0.05, 0.1) is 10.6 Å². The lowest BCUT2D eigenvalue weighted by molar-refractivity contribution is -0.274. The molecule has 0 aliphatic carbocycles. The van der Waals surface area contributed by atoms with Crippen molar-refractivity contribution in [2.24, 2.45) is 0 Å². The normalized spacial score (nSPS) is 12.1. The van der Waals surface area contributed by atoms with E-state index in [0.29, 0.717) is 0 Å². The summed E-state index contributed by atoms with van der Waals surface area (Å²) in [6.45, 7) is 7.16. The number of ether oxygens (including phenoxy) is 1. The predicted octanol–water partition coefficient (Wildman–Crippen LogP) is 6.30. The Balaban J connectivity index is 2.43. The van der Waals surface area contributed by atoms with Crippen molar-refractivity contribution in [1.82, 2.24) is 0 Å². The third kappa shape index (κ3) is 7.00. The Bertz CT molecular complexity index is 1180. The number of halogens is 4. The lowest BCUT2D eigenvalue weighted by atomic mass is 10.00. The van der Waals surface area contributed by atoms with Gasteiger partial charge in [0.25, 0.3) is 10.0 Å². The third-order valence-corrected chi connectivity index (χ3v) is 5.46. The fraction of sp³-hybridized carbons (Fsp3) is 0.136. The second-order valence-corrected chi connectivity index (χ2v) is 8.84. The van der Waals surface area contributed by atoms with Gasteiger partial charge in [0.2, 0.25) is 0 Å². The van der Waals surface area contributed by atoms with E-state index in [2.05, 4.69) is 16.0 Å². The van der Waals surface area contributed by atoms with Crippen molar-refractivity contribution in [2.75, 3.05) is 4.72 Å². The average Bonchev–Trinajstić information content (AvgIpc) is 2.67. The fourth-order valence-corrected chi connectivity index (χ4v) is 3.85. The number of rotatable bonds is 8. The van der Waals surface area contributed by atoms with Crippen molar-refractivity contribution in [3.8, 4) is 5.75 Å². The van der Waals surface area contributed by atoms with Gasteiger partial charge >= 0.3 is 6.36 Å². The van der Waals surface area contributed by atoms with Crippen molar-refractivity contribution < 1.29 is 31.1 Å². The molecule has 0 fully saturated rings. The minimum Gasteiger partial charge on any atom is -0.406 e. The molecule has 32 heavy (non-hydrogen) atoms. The molecular formula is C22H19ClF3NO4S. The van der Waals surface area contributed by atoms with Crippen molar-refractivity contribution in [3.63, 3.8) is 0 Å². The Morgan fingerprint density at radius 1 is 1.12 bits per heavy atom. The van der Waals surface area contributed by atoms with Crippen LogP contribution in [0.1, 0.15) is 24.2 Å². The molecule has 1 N–H and O–H groups in total. The van der Waals surface area contributed by atoms with Gasteiger partial charge in [-0.25, -0.2) is 8.42 Å². The van der Waals surface area contributed by atoms with E-state index < -0.39 is 27.9 Å². The van der Waals surface area contributed by atoms with Crippen LogP contribution in [0.25, 0.3) is 0 Å². The summed E-state index contributed by atoms with van der Waals surface area (Å²) in [5.74, 6) is -1.07. The molecule has 0 amide bonds. The van der Waals surface area contributed by atoms with E-state index in [4.69, 9.17) is 11.6 Å². The summed E-state index contributed by atoms with van der Waals surface area (Å²) in [7, 11) is -4.24.